The van der Waals surface area contributed by atoms with Gasteiger partial charge < -0.3 is 23.8 Å². The van der Waals surface area contributed by atoms with Crippen LogP contribution < -0.4 is 9.47 Å². The minimum absolute atomic E-state index is 0.623. The molecule has 0 atom stereocenters. The second-order valence-electron chi connectivity index (χ2n) is 10.7. The van der Waals surface area contributed by atoms with Crippen molar-refractivity contribution >= 4 is 11.0 Å². The molecule has 0 amide bonds. The van der Waals surface area contributed by atoms with Crippen LogP contribution in [-0.2, 0) is 6.54 Å². The van der Waals surface area contributed by atoms with Gasteiger partial charge in [-0.3, -0.25) is 0 Å². The van der Waals surface area contributed by atoms with Crippen molar-refractivity contribution in [2.75, 3.05) is 40.4 Å². The quantitative estimate of drug-likeness (QED) is 0.419. The highest BCUT2D eigenvalue weighted by atomic mass is 16.5. The normalized spacial score (nSPS) is 18.8. The molecule has 36 heavy (non-hydrogen) atoms. The minimum atomic E-state index is 0.623. The molecular formula is C30H42N4O2. The standard InChI is InChI=1S/C30H42N4O2/c1-6-34-27-9-7-23(19-26(27)31-30(34)24-8-10-28(35-4)29(20-24)36-5)22-11-15-33(16-12-22)25-13-17-32(18-14-25)21(2)3/h7-10,19-22,25H,6,11-18H2,1-5H3. The van der Waals surface area contributed by atoms with Crippen LogP contribution in [0.15, 0.2) is 36.4 Å². The van der Waals surface area contributed by atoms with Gasteiger partial charge in [-0.05, 0) is 114 Å². The largest absolute Gasteiger partial charge is 0.493 e. The molecular weight excluding hydrogens is 448 g/mol. The monoisotopic (exact) mass is 490 g/mol. The van der Waals surface area contributed by atoms with Crippen LogP contribution in [0.1, 0.15) is 57.9 Å². The van der Waals surface area contributed by atoms with Gasteiger partial charge in [-0.25, -0.2) is 4.98 Å². The molecule has 0 aliphatic carbocycles. The molecule has 0 N–H and O–H groups in total. The number of methoxy groups -OCH3 is 2. The van der Waals surface area contributed by atoms with E-state index in [0.717, 1.165) is 41.0 Å². The van der Waals surface area contributed by atoms with Gasteiger partial charge >= 0.3 is 0 Å². The Balaban J connectivity index is 1.31. The van der Waals surface area contributed by atoms with Crippen molar-refractivity contribution in [3.63, 3.8) is 0 Å². The van der Waals surface area contributed by atoms with Crippen LogP contribution in [-0.4, -0.2) is 71.8 Å². The molecule has 2 fully saturated rings. The zero-order valence-electron chi connectivity index (χ0n) is 22.7. The molecule has 194 valence electrons. The molecule has 6 heteroatoms. The second kappa shape index (κ2) is 10.8. The average molecular weight is 491 g/mol. The zero-order chi connectivity index (χ0) is 25.2. The number of ether oxygens (including phenoxy) is 2. The molecule has 2 aliphatic heterocycles. The molecule has 3 aromatic rings. The van der Waals surface area contributed by atoms with E-state index in [1.54, 1.807) is 14.2 Å². The predicted molar refractivity (Wildman–Crippen MR) is 147 cm³/mol. The molecule has 0 unspecified atom stereocenters. The van der Waals surface area contributed by atoms with E-state index in [1.165, 1.54) is 62.9 Å². The van der Waals surface area contributed by atoms with E-state index in [1.807, 2.05) is 12.1 Å². The lowest BCUT2D eigenvalue weighted by Crippen LogP contribution is -2.48. The number of likely N-dealkylation sites (tertiary alicyclic amines) is 2. The fourth-order valence-corrected chi connectivity index (χ4v) is 6.28. The first kappa shape index (κ1) is 25.1. The number of fused-ring (bicyclic) bond motifs is 1. The molecule has 2 saturated heterocycles. The number of rotatable bonds is 7. The Morgan fingerprint density at radius 1 is 0.889 bits per heavy atom. The number of imidazole rings is 1. The van der Waals surface area contributed by atoms with Crippen LogP contribution in [0.25, 0.3) is 22.4 Å². The number of hydrogen-bond donors (Lipinski definition) is 0. The van der Waals surface area contributed by atoms with Gasteiger partial charge in [-0.1, -0.05) is 6.07 Å². The summed E-state index contributed by atoms with van der Waals surface area (Å²) in [5, 5.41) is 0. The highest BCUT2D eigenvalue weighted by Gasteiger charge is 2.29. The lowest BCUT2D eigenvalue weighted by Gasteiger charge is -2.42. The summed E-state index contributed by atoms with van der Waals surface area (Å²) >= 11 is 0. The highest BCUT2D eigenvalue weighted by Crippen LogP contribution is 2.36. The van der Waals surface area contributed by atoms with E-state index in [9.17, 15) is 0 Å². The number of aromatic nitrogens is 2. The fourth-order valence-electron chi connectivity index (χ4n) is 6.28. The third-order valence-electron chi connectivity index (χ3n) is 8.48. The van der Waals surface area contributed by atoms with Gasteiger partial charge in [0.25, 0.3) is 0 Å². The highest BCUT2D eigenvalue weighted by molar-refractivity contribution is 5.82. The second-order valence-corrected chi connectivity index (χ2v) is 10.7. The Bertz CT molecular complexity index is 1170. The maximum absolute atomic E-state index is 5.54. The van der Waals surface area contributed by atoms with E-state index in [-0.39, 0.29) is 0 Å². The van der Waals surface area contributed by atoms with E-state index in [2.05, 4.69) is 59.4 Å². The Morgan fingerprint density at radius 2 is 1.61 bits per heavy atom. The van der Waals surface area contributed by atoms with Gasteiger partial charge in [-0.2, -0.15) is 0 Å². The van der Waals surface area contributed by atoms with Crippen molar-refractivity contribution in [2.45, 2.75) is 71.0 Å². The maximum Gasteiger partial charge on any atom is 0.161 e. The third-order valence-corrected chi connectivity index (χ3v) is 8.48. The third kappa shape index (κ3) is 4.85. The smallest absolute Gasteiger partial charge is 0.161 e. The Hall–Kier alpha value is -2.57. The molecule has 0 spiro atoms. The molecule has 0 saturated carbocycles. The van der Waals surface area contributed by atoms with Crippen LogP contribution in [0, 0.1) is 0 Å². The van der Waals surface area contributed by atoms with Crippen LogP contribution >= 0.6 is 0 Å². The van der Waals surface area contributed by atoms with Gasteiger partial charge in [0.05, 0.1) is 25.3 Å². The first-order chi connectivity index (χ1) is 17.5. The van der Waals surface area contributed by atoms with Crippen molar-refractivity contribution in [2.24, 2.45) is 0 Å². The van der Waals surface area contributed by atoms with E-state index >= 15 is 0 Å². The summed E-state index contributed by atoms with van der Waals surface area (Å²) in [7, 11) is 3.34. The summed E-state index contributed by atoms with van der Waals surface area (Å²) in [6.45, 7) is 12.6. The Kier molecular flexibility index (Phi) is 7.54. The minimum Gasteiger partial charge on any atom is -0.493 e. The lowest BCUT2D eigenvalue weighted by atomic mass is 9.87. The van der Waals surface area contributed by atoms with E-state index in [0.29, 0.717) is 12.0 Å². The van der Waals surface area contributed by atoms with Gasteiger partial charge in [0, 0.05) is 24.2 Å². The van der Waals surface area contributed by atoms with E-state index < -0.39 is 0 Å². The maximum atomic E-state index is 5.54. The molecule has 0 bridgehead atoms. The average Bonchev–Trinajstić information content (AvgIpc) is 3.30. The summed E-state index contributed by atoms with van der Waals surface area (Å²) < 4.78 is 13.3. The predicted octanol–water partition coefficient (Wildman–Crippen LogP) is 5.79. The molecule has 0 radical (unpaired) electrons. The van der Waals surface area contributed by atoms with Crippen molar-refractivity contribution in [3.8, 4) is 22.9 Å². The fraction of sp³-hybridized carbons (Fsp3) is 0.567. The number of benzene rings is 2. The molecule has 5 rings (SSSR count). The van der Waals surface area contributed by atoms with Crippen LogP contribution in [0.5, 0.6) is 11.5 Å². The zero-order valence-corrected chi connectivity index (χ0v) is 22.7. The summed E-state index contributed by atoms with van der Waals surface area (Å²) in [6, 6.07) is 14.5. The van der Waals surface area contributed by atoms with Crippen LogP contribution in [0.2, 0.25) is 0 Å². The van der Waals surface area contributed by atoms with Crippen molar-refractivity contribution < 1.29 is 9.47 Å². The molecule has 3 heterocycles. The lowest BCUT2D eigenvalue weighted by molar-refractivity contribution is 0.0753. The number of hydrogen-bond acceptors (Lipinski definition) is 5. The first-order valence-electron chi connectivity index (χ1n) is 13.7. The molecule has 6 nitrogen and oxygen atoms in total. The Labute approximate surface area is 216 Å². The van der Waals surface area contributed by atoms with Crippen LogP contribution in [0.3, 0.4) is 0 Å². The Morgan fingerprint density at radius 3 is 2.25 bits per heavy atom. The van der Waals surface area contributed by atoms with Gasteiger partial charge in [0.15, 0.2) is 11.5 Å². The van der Waals surface area contributed by atoms with Gasteiger partial charge in [0.1, 0.15) is 5.82 Å². The molecule has 2 aromatic carbocycles. The van der Waals surface area contributed by atoms with Crippen molar-refractivity contribution in [3.05, 3.63) is 42.0 Å². The molecule has 1 aromatic heterocycles. The van der Waals surface area contributed by atoms with Crippen LogP contribution in [0.4, 0.5) is 0 Å². The van der Waals surface area contributed by atoms with Gasteiger partial charge in [0.2, 0.25) is 0 Å². The number of nitrogens with zero attached hydrogens (tertiary/aromatic N) is 4. The van der Waals surface area contributed by atoms with Gasteiger partial charge in [-0.15, -0.1) is 0 Å². The number of aryl methyl sites for hydroxylation is 1. The van der Waals surface area contributed by atoms with Crippen molar-refractivity contribution in [1.82, 2.24) is 19.4 Å². The summed E-state index contributed by atoms with van der Waals surface area (Å²) in [4.78, 5) is 10.5. The SMILES string of the molecule is CCn1c(-c2ccc(OC)c(OC)c2)nc2cc(C3CCN(C4CCN(C(C)C)CC4)CC3)ccc21. The number of piperidine rings is 2. The topological polar surface area (TPSA) is 42.8 Å². The summed E-state index contributed by atoms with van der Waals surface area (Å²) in [5.41, 5.74) is 4.77. The van der Waals surface area contributed by atoms with E-state index in [4.69, 9.17) is 14.5 Å². The van der Waals surface area contributed by atoms with Crippen molar-refractivity contribution in [1.29, 1.82) is 0 Å². The summed E-state index contributed by atoms with van der Waals surface area (Å²) in [6.07, 6.45) is 5.13. The summed E-state index contributed by atoms with van der Waals surface area (Å²) in [5.74, 6) is 3.07. The first-order valence-corrected chi connectivity index (χ1v) is 13.7. The molecule has 2 aliphatic rings.